The number of methoxy groups -OCH3 is 1. The third-order valence-corrected chi connectivity index (χ3v) is 4.17. The van der Waals surface area contributed by atoms with Crippen molar-refractivity contribution in [3.8, 4) is 5.75 Å². The number of benzene rings is 2. The van der Waals surface area contributed by atoms with Crippen LogP contribution in [-0.2, 0) is 6.54 Å². The molecule has 0 aliphatic heterocycles. The Hall–Kier alpha value is -2.33. The molecule has 0 saturated heterocycles. The van der Waals surface area contributed by atoms with Crippen molar-refractivity contribution >= 4 is 11.6 Å². The SMILES string of the molecule is CCN(CC)Cc1ccc(NC(=O)c2cccc(C)c2OC)cc1. The van der Waals surface area contributed by atoms with Gasteiger partial charge in [0.1, 0.15) is 5.75 Å². The molecule has 0 fully saturated rings. The molecular formula is C20H26N2O2. The van der Waals surface area contributed by atoms with Gasteiger partial charge < -0.3 is 10.1 Å². The number of nitrogens with one attached hydrogen (secondary N) is 1. The largest absolute Gasteiger partial charge is 0.496 e. The van der Waals surface area contributed by atoms with Crippen molar-refractivity contribution in [2.45, 2.75) is 27.3 Å². The second-order valence-electron chi connectivity index (χ2n) is 5.77. The number of para-hydroxylation sites is 1. The summed E-state index contributed by atoms with van der Waals surface area (Å²) in [6, 6.07) is 13.6. The lowest BCUT2D eigenvalue weighted by molar-refractivity contribution is 0.102. The smallest absolute Gasteiger partial charge is 0.259 e. The molecule has 24 heavy (non-hydrogen) atoms. The Morgan fingerprint density at radius 2 is 1.75 bits per heavy atom. The van der Waals surface area contributed by atoms with Crippen LogP contribution in [0.15, 0.2) is 42.5 Å². The summed E-state index contributed by atoms with van der Waals surface area (Å²) >= 11 is 0. The van der Waals surface area contributed by atoms with Crippen molar-refractivity contribution < 1.29 is 9.53 Å². The van der Waals surface area contributed by atoms with Gasteiger partial charge >= 0.3 is 0 Å². The molecule has 0 radical (unpaired) electrons. The van der Waals surface area contributed by atoms with Crippen LogP contribution in [0.2, 0.25) is 0 Å². The van der Waals surface area contributed by atoms with E-state index in [4.69, 9.17) is 4.74 Å². The molecule has 0 spiro atoms. The fourth-order valence-electron chi connectivity index (χ4n) is 2.70. The first-order chi connectivity index (χ1) is 11.6. The topological polar surface area (TPSA) is 41.6 Å². The van der Waals surface area contributed by atoms with E-state index < -0.39 is 0 Å². The van der Waals surface area contributed by atoms with Crippen molar-refractivity contribution in [2.24, 2.45) is 0 Å². The average molecular weight is 326 g/mol. The van der Waals surface area contributed by atoms with Crippen LogP contribution in [0.3, 0.4) is 0 Å². The van der Waals surface area contributed by atoms with E-state index in [2.05, 4.69) is 36.2 Å². The highest BCUT2D eigenvalue weighted by atomic mass is 16.5. The molecule has 4 heteroatoms. The van der Waals surface area contributed by atoms with E-state index in [1.165, 1.54) is 5.56 Å². The molecule has 0 aliphatic carbocycles. The molecule has 2 aromatic rings. The molecule has 1 N–H and O–H groups in total. The summed E-state index contributed by atoms with van der Waals surface area (Å²) in [4.78, 5) is 14.9. The van der Waals surface area contributed by atoms with Gasteiger partial charge in [-0.3, -0.25) is 9.69 Å². The lowest BCUT2D eigenvalue weighted by Gasteiger charge is -2.18. The Labute approximate surface area is 144 Å². The Balaban J connectivity index is 2.09. The Morgan fingerprint density at radius 3 is 2.33 bits per heavy atom. The van der Waals surface area contributed by atoms with Gasteiger partial charge in [-0.15, -0.1) is 0 Å². The van der Waals surface area contributed by atoms with Gasteiger partial charge in [0.05, 0.1) is 12.7 Å². The maximum Gasteiger partial charge on any atom is 0.259 e. The number of ether oxygens (including phenoxy) is 1. The highest BCUT2D eigenvalue weighted by Crippen LogP contribution is 2.24. The molecular weight excluding hydrogens is 300 g/mol. The van der Waals surface area contributed by atoms with Crippen molar-refractivity contribution in [3.63, 3.8) is 0 Å². The van der Waals surface area contributed by atoms with Crippen LogP contribution in [-0.4, -0.2) is 31.0 Å². The molecule has 1 amide bonds. The quantitative estimate of drug-likeness (QED) is 0.833. The number of carbonyl (C=O) groups excluding carboxylic acids is 1. The summed E-state index contributed by atoms with van der Waals surface area (Å²) < 4.78 is 5.36. The highest BCUT2D eigenvalue weighted by molar-refractivity contribution is 6.06. The molecule has 0 atom stereocenters. The first-order valence-electron chi connectivity index (χ1n) is 8.35. The fourth-order valence-corrected chi connectivity index (χ4v) is 2.70. The van der Waals surface area contributed by atoms with Crippen LogP contribution in [0.1, 0.15) is 35.3 Å². The number of hydrogen-bond donors (Lipinski definition) is 1. The van der Waals surface area contributed by atoms with Gasteiger partial charge in [-0.05, 0) is 49.3 Å². The van der Waals surface area contributed by atoms with E-state index >= 15 is 0 Å². The Bertz CT molecular complexity index is 677. The molecule has 2 aromatic carbocycles. The number of amides is 1. The highest BCUT2D eigenvalue weighted by Gasteiger charge is 2.14. The molecule has 0 aromatic heterocycles. The second kappa shape index (κ2) is 8.50. The van der Waals surface area contributed by atoms with Crippen LogP contribution in [0.25, 0.3) is 0 Å². The first-order valence-corrected chi connectivity index (χ1v) is 8.35. The molecule has 0 bridgehead atoms. The number of carbonyl (C=O) groups is 1. The summed E-state index contributed by atoms with van der Waals surface area (Å²) in [6.07, 6.45) is 0. The van der Waals surface area contributed by atoms with E-state index in [0.717, 1.165) is 30.9 Å². The van der Waals surface area contributed by atoms with Crippen LogP contribution in [0.5, 0.6) is 5.75 Å². The summed E-state index contributed by atoms with van der Waals surface area (Å²) in [5.41, 5.74) is 3.51. The van der Waals surface area contributed by atoms with E-state index in [1.54, 1.807) is 13.2 Å². The Kier molecular flexibility index (Phi) is 6.38. The van der Waals surface area contributed by atoms with E-state index in [0.29, 0.717) is 11.3 Å². The summed E-state index contributed by atoms with van der Waals surface area (Å²) in [5, 5.41) is 2.94. The van der Waals surface area contributed by atoms with Gasteiger partial charge in [0.15, 0.2) is 0 Å². The maximum atomic E-state index is 12.5. The second-order valence-corrected chi connectivity index (χ2v) is 5.77. The standard InChI is InChI=1S/C20H26N2O2/c1-5-22(6-2)14-16-10-12-17(13-11-16)21-20(23)18-9-7-8-15(3)19(18)24-4/h7-13H,5-6,14H2,1-4H3,(H,21,23). The summed E-state index contributed by atoms with van der Waals surface area (Å²) in [7, 11) is 1.58. The maximum absolute atomic E-state index is 12.5. The molecule has 0 saturated carbocycles. The zero-order valence-corrected chi connectivity index (χ0v) is 14.9. The van der Waals surface area contributed by atoms with Crippen molar-refractivity contribution in [1.82, 2.24) is 4.90 Å². The van der Waals surface area contributed by atoms with E-state index in [1.807, 2.05) is 31.2 Å². The van der Waals surface area contributed by atoms with Crippen LogP contribution in [0.4, 0.5) is 5.69 Å². The minimum Gasteiger partial charge on any atom is -0.496 e. The number of hydrogen-bond acceptors (Lipinski definition) is 3. The zero-order chi connectivity index (χ0) is 17.5. The van der Waals surface area contributed by atoms with Gasteiger partial charge in [0, 0.05) is 12.2 Å². The number of anilines is 1. The predicted octanol–water partition coefficient (Wildman–Crippen LogP) is 4.10. The van der Waals surface area contributed by atoms with Crippen LogP contribution >= 0.6 is 0 Å². The molecule has 4 nitrogen and oxygen atoms in total. The Morgan fingerprint density at radius 1 is 1.08 bits per heavy atom. The lowest BCUT2D eigenvalue weighted by atomic mass is 10.1. The molecule has 128 valence electrons. The van der Waals surface area contributed by atoms with Crippen LogP contribution in [0, 0.1) is 6.92 Å². The van der Waals surface area contributed by atoms with Gasteiger partial charge in [0.25, 0.3) is 5.91 Å². The third-order valence-electron chi connectivity index (χ3n) is 4.17. The minimum absolute atomic E-state index is 0.160. The summed E-state index contributed by atoms with van der Waals surface area (Å²) in [5.74, 6) is 0.459. The minimum atomic E-state index is -0.160. The van der Waals surface area contributed by atoms with Gasteiger partial charge in [-0.2, -0.15) is 0 Å². The van der Waals surface area contributed by atoms with Gasteiger partial charge in [0.2, 0.25) is 0 Å². The van der Waals surface area contributed by atoms with Crippen LogP contribution < -0.4 is 10.1 Å². The summed E-state index contributed by atoms with van der Waals surface area (Å²) in [6.45, 7) is 9.23. The third kappa shape index (κ3) is 4.36. The number of nitrogens with zero attached hydrogens (tertiary/aromatic N) is 1. The first kappa shape index (κ1) is 18.0. The normalized spacial score (nSPS) is 10.7. The van der Waals surface area contributed by atoms with Crippen molar-refractivity contribution in [3.05, 3.63) is 59.2 Å². The van der Waals surface area contributed by atoms with Gasteiger partial charge in [-0.1, -0.05) is 38.1 Å². The van der Waals surface area contributed by atoms with E-state index in [9.17, 15) is 4.79 Å². The molecule has 0 aliphatic rings. The molecule has 0 heterocycles. The lowest BCUT2D eigenvalue weighted by Crippen LogP contribution is -2.22. The predicted molar refractivity (Wildman–Crippen MR) is 98.8 cm³/mol. The van der Waals surface area contributed by atoms with Crippen molar-refractivity contribution in [2.75, 3.05) is 25.5 Å². The fraction of sp³-hybridized carbons (Fsp3) is 0.350. The average Bonchev–Trinajstić information content (AvgIpc) is 2.60. The number of rotatable bonds is 7. The monoisotopic (exact) mass is 326 g/mol. The molecule has 2 rings (SSSR count). The van der Waals surface area contributed by atoms with E-state index in [-0.39, 0.29) is 5.91 Å². The van der Waals surface area contributed by atoms with Gasteiger partial charge in [-0.25, -0.2) is 0 Å². The zero-order valence-electron chi connectivity index (χ0n) is 14.9. The molecule has 0 unspecified atom stereocenters. The van der Waals surface area contributed by atoms with Crippen molar-refractivity contribution in [1.29, 1.82) is 0 Å². The number of aryl methyl sites for hydroxylation is 1.